The number of hydrogen-bond donors (Lipinski definition) is 1. The van der Waals surface area contributed by atoms with E-state index in [2.05, 4.69) is 73.1 Å². The average molecular weight is 370 g/mol. The van der Waals surface area contributed by atoms with Crippen LogP contribution in [0.15, 0.2) is 59.5 Å². The van der Waals surface area contributed by atoms with E-state index in [4.69, 9.17) is 0 Å². The van der Waals surface area contributed by atoms with Crippen LogP contribution in [0.25, 0.3) is 0 Å². The maximum atomic E-state index is 3.66. The summed E-state index contributed by atoms with van der Waals surface area (Å²) in [5.41, 5.74) is 2.73. The van der Waals surface area contributed by atoms with E-state index in [-0.39, 0.29) is 0 Å². The summed E-state index contributed by atoms with van der Waals surface area (Å²) in [6, 6.07) is 19.7. The molecule has 1 atom stereocenters. The van der Waals surface area contributed by atoms with Crippen LogP contribution in [-0.2, 0) is 6.42 Å². The number of unbranched alkanes of at least 4 members (excludes halogenated alkanes) is 3. The zero-order valence-corrected chi connectivity index (χ0v) is 17.4. The second kappa shape index (κ2) is 12.9. The Balaban J connectivity index is 1.68. The summed E-state index contributed by atoms with van der Waals surface area (Å²) in [6.07, 6.45) is 12.7. The number of rotatable bonds is 13. The molecule has 0 amide bonds. The van der Waals surface area contributed by atoms with Crippen LogP contribution in [0.5, 0.6) is 0 Å². The highest BCUT2D eigenvalue weighted by atomic mass is 32.2. The number of nitrogens with one attached hydrogen (secondary N) is 1. The van der Waals surface area contributed by atoms with Gasteiger partial charge in [0.15, 0.2) is 0 Å². The molecule has 0 radical (unpaired) electrons. The normalized spacial score (nSPS) is 12.1. The number of thioether (sulfide) groups is 1. The molecule has 1 nitrogen and oxygen atoms in total. The zero-order chi connectivity index (χ0) is 18.5. The van der Waals surface area contributed by atoms with Crippen molar-refractivity contribution in [2.75, 3.05) is 18.1 Å². The highest BCUT2D eigenvalue weighted by Gasteiger charge is 2.08. The SMILES string of the molecule is CCCCC(CCCCCc1ccccc1)CNc1ccc(SC)cc1. The Morgan fingerprint density at radius 1 is 0.846 bits per heavy atom. The standard InChI is InChI=1S/C24H35NS/c1-3-4-11-22(20-25-23-16-18-24(26-2)19-17-23)15-10-6-9-14-21-12-7-5-8-13-21/h5,7-8,12-13,16-19,22,25H,3-4,6,9-11,14-15,20H2,1-2H3. The van der Waals surface area contributed by atoms with Gasteiger partial charge in [-0.25, -0.2) is 0 Å². The Kier molecular flexibility index (Phi) is 10.3. The lowest BCUT2D eigenvalue weighted by Gasteiger charge is -2.18. The van der Waals surface area contributed by atoms with Gasteiger partial charge in [-0.15, -0.1) is 11.8 Å². The van der Waals surface area contributed by atoms with E-state index in [9.17, 15) is 0 Å². The van der Waals surface area contributed by atoms with E-state index in [1.54, 1.807) is 11.8 Å². The largest absolute Gasteiger partial charge is 0.385 e. The van der Waals surface area contributed by atoms with E-state index in [1.807, 2.05) is 0 Å². The molecule has 0 aliphatic heterocycles. The van der Waals surface area contributed by atoms with Gasteiger partial charge >= 0.3 is 0 Å². The maximum absolute atomic E-state index is 3.66. The van der Waals surface area contributed by atoms with Crippen molar-refractivity contribution in [2.24, 2.45) is 5.92 Å². The van der Waals surface area contributed by atoms with Gasteiger partial charge in [0.05, 0.1) is 0 Å². The maximum Gasteiger partial charge on any atom is 0.0341 e. The smallest absolute Gasteiger partial charge is 0.0341 e. The van der Waals surface area contributed by atoms with Crippen molar-refractivity contribution in [2.45, 2.75) is 63.2 Å². The predicted molar refractivity (Wildman–Crippen MR) is 118 cm³/mol. The molecule has 1 unspecified atom stereocenters. The van der Waals surface area contributed by atoms with Gasteiger partial charge in [0.1, 0.15) is 0 Å². The second-order valence-corrected chi connectivity index (χ2v) is 8.08. The number of aryl methyl sites for hydroxylation is 1. The summed E-state index contributed by atoms with van der Waals surface area (Å²) >= 11 is 1.80. The van der Waals surface area contributed by atoms with Gasteiger partial charge in [-0.2, -0.15) is 0 Å². The van der Waals surface area contributed by atoms with Gasteiger partial charge in [0.2, 0.25) is 0 Å². The second-order valence-electron chi connectivity index (χ2n) is 7.20. The van der Waals surface area contributed by atoms with Crippen LogP contribution >= 0.6 is 11.8 Å². The molecular formula is C24H35NS. The van der Waals surface area contributed by atoms with Crippen LogP contribution < -0.4 is 5.32 Å². The Labute approximate surface area is 165 Å². The van der Waals surface area contributed by atoms with Gasteiger partial charge in [-0.1, -0.05) is 62.9 Å². The monoisotopic (exact) mass is 369 g/mol. The third kappa shape index (κ3) is 8.31. The Morgan fingerprint density at radius 3 is 2.27 bits per heavy atom. The fraction of sp³-hybridized carbons (Fsp3) is 0.500. The molecule has 1 N–H and O–H groups in total. The van der Waals surface area contributed by atoms with E-state index in [0.29, 0.717) is 0 Å². The summed E-state index contributed by atoms with van der Waals surface area (Å²) in [4.78, 5) is 1.33. The molecule has 0 aromatic heterocycles. The van der Waals surface area contributed by atoms with Crippen LogP contribution in [-0.4, -0.2) is 12.8 Å². The molecule has 0 spiro atoms. The molecule has 2 heteroatoms. The van der Waals surface area contributed by atoms with Crippen molar-refractivity contribution in [3.63, 3.8) is 0 Å². The van der Waals surface area contributed by atoms with Gasteiger partial charge in [0, 0.05) is 17.1 Å². The van der Waals surface area contributed by atoms with Gasteiger partial charge in [-0.05, 0) is 67.7 Å². The van der Waals surface area contributed by atoms with E-state index in [1.165, 1.54) is 67.5 Å². The van der Waals surface area contributed by atoms with Crippen molar-refractivity contribution in [3.8, 4) is 0 Å². The Bertz CT molecular complexity index is 579. The van der Waals surface area contributed by atoms with Crippen LogP contribution in [0, 0.1) is 5.92 Å². The van der Waals surface area contributed by atoms with Crippen LogP contribution in [0.2, 0.25) is 0 Å². The highest BCUT2D eigenvalue weighted by molar-refractivity contribution is 7.98. The Morgan fingerprint density at radius 2 is 1.58 bits per heavy atom. The summed E-state index contributed by atoms with van der Waals surface area (Å²) in [6.45, 7) is 3.41. The van der Waals surface area contributed by atoms with Crippen LogP contribution in [0.1, 0.15) is 57.4 Å². The molecule has 2 rings (SSSR count). The zero-order valence-electron chi connectivity index (χ0n) is 16.5. The van der Waals surface area contributed by atoms with Crippen molar-refractivity contribution in [1.29, 1.82) is 0 Å². The number of benzene rings is 2. The van der Waals surface area contributed by atoms with Gasteiger partial charge in [0.25, 0.3) is 0 Å². The van der Waals surface area contributed by atoms with E-state index >= 15 is 0 Å². The van der Waals surface area contributed by atoms with Crippen molar-refractivity contribution in [1.82, 2.24) is 0 Å². The summed E-state index contributed by atoms with van der Waals surface area (Å²) in [7, 11) is 0. The minimum Gasteiger partial charge on any atom is -0.385 e. The lowest BCUT2D eigenvalue weighted by atomic mass is 9.94. The molecule has 26 heavy (non-hydrogen) atoms. The molecule has 0 bridgehead atoms. The average Bonchev–Trinajstić information content (AvgIpc) is 2.70. The molecular weight excluding hydrogens is 334 g/mol. The van der Waals surface area contributed by atoms with E-state index < -0.39 is 0 Å². The minimum absolute atomic E-state index is 0.798. The lowest BCUT2D eigenvalue weighted by Crippen LogP contribution is -2.14. The summed E-state index contributed by atoms with van der Waals surface area (Å²) in [5, 5.41) is 3.66. The fourth-order valence-electron chi connectivity index (χ4n) is 3.40. The topological polar surface area (TPSA) is 12.0 Å². The highest BCUT2D eigenvalue weighted by Crippen LogP contribution is 2.21. The van der Waals surface area contributed by atoms with E-state index in [0.717, 1.165) is 12.5 Å². The molecule has 0 aliphatic carbocycles. The quantitative estimate of drug-likeness (QED) is 0.291. The Hall–Kier alpha value is -1.41. The molecule has 2 aromatic rings. The summed E-state index contributed by atoms with van der Waals surface area (Å²) in [5.74, 6) is 0.798. The molecule has 0 aliphatic rings. The van der Waals surface area contributed by atoms with Crippen molar-refractivity contribution in [3.05, 3.63) is 60.2 Å². The minimum atomic E-state index is 0.798. The lowest BCUT2D eigenvalue weighted by molar-refractivity contribution is 0.430. The first-order valence-corrected chi connectivity index (χ1v) is 11.5. The molecule has 142 valence electrons. The molecule has 0 fully saturated rings. The van der Waals surface area contributed by atoms with Crippen LogP contribution in [0.3, 0.4) is 0 Å². The van der Waals surface area contributed by atoms with Gasteiger partial charge in [-0.3, -0.25) is 0 Å². The molecule has 0 saturated carbocycles. The fourth-order valence-corrected chi connectivity index (χ4v) is 3.80. The molecule has 2 aromatic carbocycles. The first-order valence-electron chi connectivity index (χ1n) is 10.2. The van der Waals surface area contributed by atoms with Crippen molar-refractivity contribution < 1.29 is 0 Å². The van der Waals surface area contributed by atoms with Crippen LogP contribution in [0.4, 0.5) is 5.69 Å². The predicted octanol–water partition coefficient (Wildman–Crippen LogP) is 7.43. The van der Waals surface area contributed by atoms with Gasteiger partial charge < -0.3 is 5.32 Å². The first-order chi connectivity index (χ1) is 12.8. The number of hydrogen-bond acceptors (Lipinski definition) is 2. The number of anilines is 1. The summed E-state index contributed by atoms with van der Waals surface area (Å²) < 4.78 is 0. The third-order valence-electron chi connectivity index (χ3n) is 5.07. The molecule has 0 saturated heterocycles. The first kappa shape index (κ1) is 20.9. The third-order valence-corrected chi connectivity index (χ3v) is 5.82. The molecule has 0 heterocycles. The van der Waals surface area contributed by atoms with Crippen molar-refractivity contribution >= 4 is 17.4 Å².